The highest BCUT2D eigenvalue weighted by molar-refractivity contribution is 5.98. The van der Waals surface area contributed by atoms with Crippen LogP contribution in [0.3, 0.4) is 0 Å². The van der Waals surface area contributed by atoms with Gasteiger partial charge in [0.25, 0.3) is 0 Å². The van der Waals surface area contributed by atoms with Gasteiger partial charge < -0.3 is 9.80 Å². The largest absolute Gasteiger partial charge is 0.331 e. The Bertz CT molecular complexity index is 1360. The van der Waals surface area contributed by atoms with Crippen LogP contribution in [0.1, 0.15) is 18.4 Å². The molecule has 0 bridgehead atoms. The Morgan fingerprint density at radius 3 is 2.18 bits per heavy atom. The van der Waals surface area contributed by atoms with Gasteiger partial charge in [0.1, 0.15) is 0 Å². The third kappa shape index (κ3) is 3.43. The van der Waals surface area contributed by atoms with Crippen LogP contribution in [0.4, 0.5) is 28.4 Å². The molecule has 0 saturated heterocycles. The summed E-state index contributed by atoms with van der Waals surface area (Å²) < 4.78 is 0. The summed E-state index contributed by atoms with van der Waals surface area (Å²) in [5.74, 6) is -0.137. The molecule has 3 aromatic rings. The number of para-hydroxylation sites is 4. The van der Waals surface area contributed by atoms with Gasteiger partial charge in [-0.15, -0.1) is 0 Å². The van der Waals surface area contributed by atoms with Gasteiger partial charge in [0, 0.05) is 17.5 Å². The molecule has 2 unspecified atom stereocenters. The molecular weight excluding hydrogens is 416 g/mol. The molecule has 0 aromatic heterocycles. The number of hydrogen-bond acceptors (Lipinski definition) is 4. The maximum absolute atomic E-state index is 9.17. The topological polar surface area (TPSA) is 42.6 Å². The zero-order chi connectivity index (χ0) is 22.9. The van der Waals surface area contributed by atoms with E-state index in [0.29, 0.717) is 6.42 Å². The van der Waals surface area contributed by atoms with Crippen LogP contribution in [0.15, 0.2) is 108 Å². The SMILES string of the molecule is N#CC1C=NC(c2cccc(N3c4ccccc4N(C4C=CC=CC4)c4ccccc43)c2)=CC1. The van der Waals surface area contributed by atoms with Crippen molar-refractivity contribution >= 4 is 40.3 Å². The van der Waals surface area contributed by atoms with E-state index in [1.165, 1.54) is 11.4 Å². The minimum absolute atomic E-state index is 0.137. The number of anilines is 5. The molecule has 164 valence electrons. The second kappa shape index (κ2) is 8.53. The van der Waals surface area contributed by atoms with E-state index in [1.54, 1.807) is 6.21 Å². The third-order valence-corrected chi connectivity index (χ3v) is 6.58. The van der Waals surface area contributed by atoms with E-state index in [2.05, 4.69) is 124 Å². The lowest BCUT2D eigenvalue weighted by Crippen LogP contribution is -2.34. The van der Waals surface area contributed by atoms with Gasteiger partial charge >= 0.3 is 0 Å². The molecule has 0 saturated carbocycles. The van der Waals surface area contributed by atoms with Crippen molar-refractivity contribution < 1.29 is 0 Å². The Hall–Kier alpha value is -4.36. The lowest BCUT2D eigenvalue weighted by Gasteiger charge is -2.43. The van der Waals surface area contributed by atoms with Crippen molar-refractivity contribution in [1.82, 2.24) is 0 Å². The quantitative estimate of drug-likeness (QED) is 0.425. The first-order chi connectivity index (χ1) is 16.8. The lowest BCUT2D eigenvalue weighted by atomic mass is 9.99. The highest BCUT2D eigenvalue weighted by Crippen LogP contribution is 2.52. The van der Waals surface area contributed by atoms with Crippen LogP contribution in [0.2, 0.25) is 0 Å². The van der Waals surface area contributed by atoms with Crippen LogP contribution in [0.5, 0.6) is 0 Å². The summed E-state index contributed by atoms with van der Waals surface area (Å²) >= 11 is 0. The van der Waals surface area contributed by atoms with E-state index < -0.39 is 0 Å². The molecule has 34 heavy (non-hydrogen) atoms. The van der Waals surface area contributed by atoms with Gasteiger partial charge in [-0.3, -0.25) is 4.99 Å². The lowest BCUT2D eigenvalue weighted by molar-refractivity contribution is 0.780. The molecule has 4 nitrogen and oxygen atoms in total. The molecule has 0 radical (unpaired) electrons. The summed E-state index contributed by atoms with van der Waals surface area (Å²) in [5, 5.41) is 9.17. The smallest absolute Gasteiger partial charge is 0.0850 e. The number of hydrogen-bond donors (Lipinski definition) is 0. The summed E-state index contributed by atoms with van der Waals surface area (Å²) in [5.41, 5.74) is 7.79. The molecule has 1 aliphatic carbocycles. The third-order valence-electron chi connectivity index (χ3n) is 6.58. The van der Waals surface area contributed by atoms with Crippen LogP contribution in [0, 0.1) is 17.2 Å². The van der Waals surface area contributed by atoms with Crippen molar-refractivity contribution in [1.29, 1.82) is 5.26 Å². The fourth-order valence-corrected chi connectivity index (χ4v) is 4.97. The van der Waals surface area contributed by atoms with E-state index >= 15 is 0 Å². The number of benzene rings is 3. The Kier molecular flexibility index (Phi) is 5.08. The molecule has 4 heteroatoms. The van der Waals surface area contributed by atoms with Crippen LogP contribution >= 0.6 is 0 Å². The number of allylic oxidation sites excluding steroid dienone is 3. The van der Waals surface area contributed by atoms with Crippen molar-refractivity contribution in [2.45, 2.75) is 18.9 Å². The molecule has 0 fully saturated rings. The van der Waals surface area contributed by atoms with Crippen molar-refractivity contribution in [3.63, 3.8) is 0 Å². The van der Waals surface area contributed by atoms with E-state index in [9.17, 15) is 5.26 Å². The zero-order valence-electron chi connectivity index (χ0n) is 18.8. The van der Waals surface area contributed by atoms with Crippen LogP contribution in [-0.4, -0.2) is 12.3 Å². The van der Waals surface area contributed by atoms with Gasteiger partial charge in [-0.05, 0) is 49.2 Å². The van der Waals surface area contributed by atoms with E-state index in [0.717, 1.165) is 34.7 Å². The normalized spacial score (nSPS) is 20.4. The van der Waals surface area contributed by atoms with Crippen molar-refractivity contribution in [3.8, 4) is 6.07 Å². The average Bonchev–Trinajstić information content (AvgIpc) is 2.92. The standard InChI is InChI=1S/C30H24N4/c31-20-22-17-18-26(32-21-22)23-9-8-12-25(19-23)34-29-15-6-4-13-27(29)33(24-10-2-1-3-11-24)28-14-5-7-16-30(28)34/h1-10,12-16,18-19,21-22,24H,11,17H2. The summed E-state index contributed by atoms with van der Waals surface area (Å²) in [6.45, 7) is 0. The molecular formula is C30H24N4. The zero-order valence-corrected chi connectivity index (χ0v) is 18.8. The highest BCUT2D eigenvalue weighted by Gasteiger charge is 2.32. The molecule has 3 aliphatic rings. The number of fused-ring (bicyclic) bond motifs is 2. The Balaban J connectivity index is 1.47. The van der Waals surface area contributed by atoms with Crippen molar-refractivity contribution in [2.75, 3.05) is 9.80 Å². The molecule has 2 aliphatic heterocycles. The van der Waals surface area contributed by atoms with Crippen LogP contribution in [0.25, 0.3) is 5.70 Å². The highest BCUT2D eigenvalue weighted by atomic mass is 15.3. The number of aliphatic imine (C=N–C) groups is 1. The van der Waals surface area contributed by atoms with Gasteiger partial charge in [0.2, 0.25) is 0 Å². The maximum atomic E-state index is 9.17. The first-order valence-corrected chi connectivity index (χ1v) is 11.7. The van der Waals surface area contributed by atoms with Gasteiger partial charge in [0.05, 0.1) is 46.5 Å². The van der Waals surface area contributed by atoms with E-state index in [1.807, 2.05) is 0 Å². The molecule has 0 amide bonds. The summed E-state index contributed by atoms with van der Waals surface area (Å²) in [4.78, 5) is 9.38. The summed E-state index contributed by atoms with van der Waals surface area (Å²) in [6.07, 6.45) is 14.3. The summed E-state index contributed by atoms with van der Waals surface area (Å²) in [7, 11) is 0. The van der Waals surface area contributed by atoms with Gasteiger partial charge in [-0.25, -0.2) is 0 Å². The van der Waals surface area contributed by atoms with Crippen LogP contribution < -0.4 is 9.80 Å². The number of rotatable bonds is 3. The van der Waals surface area contributed by atoms with Gasteiger partial charge in [-0.2, -0.15) is 5.26 Å². The fraction of sp³-hybridized carbons (Fsp3) is 0.133. The predicted octanol–water partition coefficient (Wildman–Crippen LogP) is 7.45. The van der Waals surface area contributed by atoms with Gasteiger partial charge in [0.15, 0.2) is 0 Å². The molecule has 6 rings (SSSR count). The molecule has 0 spiro atoms. The van der Waals surface area contributed by atoms with Crippen molar-refractivity contribution in [2.24, 2.45) is 10.9 Å². The minimum Gasteiger partial charge on any atom is -0.331 e. The van der Waals surface area contributed by atoms with E-state index in [4.69, 9.17) is 0 Å². The van der Waals surface area contributed by atoms with Crippen LogP contribution in [-0.2, 0) is 0 Å². The molecule has 2 atom stereocenters. The minimum atomic E-state index is -0.137. The molecule has 3 aromatic carbocycles. The Morgan fingerprint density at radius 1 is 0.824 bits per heavy atom. The molecule has 0 N–H and O–H groups in total. The Morgan fingerprint density at radius 2 is 1.56 bits per heavy atom. The Labute approximate surface area is 200 Å². The number of nitrogens with zero attached hydrogens (tertiary/aromatic N) is 4. The number of nitriles is 1. The fourth-order valence-electron chi connectivity index (χ4n) is 4.97. The predicted molar refractivity (Wildman–Crippen MR) is 140 cm³/mol. The average molecular weight is 441 g/mol. The maximum Gasteiger partial charge on any atom is 0.0850 e. The second-order valence-corrected chi connectivity index (χ2v) is 8.69. The first kappa shape index (κ1) is 20.3. The van der Waals surface area contributed by atoms with Gasteiger partial charge in [-0.1, -0.05) is 66.8 Å². The summed E-state index contributed by atoms with van der Waals surface area (Å²) in [6, 6.07) is 28.3. The monoisotopic (exact) mass is 440 g/mol. The second-order valence-electron chi connectivity index (χ2n) is 8.69. The first-order valence-electron chi connectivity index (χ1n) is 11.7. The van der Waals surface area contributed by atoms with E-state index in [-0.39, 0.29) is 12.0 Å². The molecule has 2 heterocycles. The van der Waals surface area contributed by atoms with Crippen molar-refractivity contribution in [3.05, 3.63) is 109 Å².